The number of aryl methyl sites for hydroxylation is 2. The Morgan fingerprint density at radius 2 is 1.79 bits per heavy atom. The third-order valence-electron chi connectivity index (χ3n) is 6.62. The molecule has 0 bridgehead atoms. The highest BCUT2D eigenvalue weighted by Gasteiger charge is 2.35. The smallest absolute Gasteiger partial charge is 0.259 e. The first-order valence-electron chi connectivity index (χ1n) is 10.6. The van der Waals surface area contributed by atoms with Gasteiger partial charge < -0.3 is 14.3 Å². The van der Waals surface area contributed by atoms with Gasteiger partial charge in [0.25, 0.3) is 5.91 Å². The second kappa shape index (κ2) is 8.48. The molecule has 28 heavy (non-hydrogen) atoms. The average Bonchev–Trinajstić information content (AvgIpc) is 3.34. The quantitative estimate of drug-likeness (QED) is 0.792. The predicted octanol–water partition coefficient (Wildman–Crippen LogP) is 3.71. The molecule has 3 heterocycles. The van der Waals surface area contributed by atoms with E-state index < -0.39 is 0 Å². The molecule has 1 atom stereocenters. The molecule has 0 aliphatic carbocycles. The van der Waals surface area contributed by atoms with Crippen molar-refractivity contribution in [3.63, 3.8) is 0 Å². The summed E-state index contributed by atoms with van der Waals surface area (Å²) in [5, 5.41) is 3.94. The molecular weight excluding hydrogens is 350 g/mol. The fraction of sp³-hybridized carbons (Fsp3) is 0.565. The van der Waals surface area contributed by atoms with Crippen LogP contribution < -0.4 is 0 Å². The van der Waals surface area contributed by atoms with Gasteiger partial charge in [-0.3, -0.25) is 4.79 Å². The second-order valence-electron chi connectivity index (χ2n) is 8.41. The van der Waals surface area contributed by atoms with Crippen LogP contribution in [0.3, 0.4) is 0 Å². The average molecular weight is 382 g/mol. The number of nitrogens with zero attached hydrogens (tertiary/aromatic N) is 3. The Balaban J connectivity index is 1.25. The summed E-state index contributed by atoms with van der Waals surface area (Å²) >= 11 is 0. The molecule has 2 aliphatic heterocycles. The van der Waals surface area contributed by atoms with Gasteiger partial charge in [0, 0.05) is 19.6 Å². The fourth-order valence-electron chi connectivity index (χ4n) is 4.88. The van der Waals surface area contributed by atoms with Crippen LogP contribution in [0.15, 0.2) is 34.9 Å². The summed E-state index contributed by atoms with van der Waals surface area (Å²) in [5.41, 5.74) is 2.79. The minimum absolute atomic E-state index is 0.0963. The molecule has 5 nitrogen and oxygen atoms in total. The summed E-state index contributed by atoms with van der Waals surface area (Å²) in [6.45, 7) is 8.95. The summed E-state index contributed by atoms with van der Waals surface area (Å²) in [5.74, 6) is 2.12. The summed E-state index contributed by atoms with van der Waals surface area (Å²) in [6, 6.07) is 10.8. The van der Waals surface area contributed by atoms with Gasteiger partial charge in [0.1, 0.15) is 11.3 Å². The number of carbonyl (C=O) groups is 1. The van der Waals surface area contributed by atoms with Crippen molar-refractivity contribution in [2.45, 2.75) is 39.5 Å². The zero-order chi connectivity index (χ0) is 19.5. The number of rotatable bonds is 5. The Hall–Kier alpha value is -2.14. The molecule has 2 fully saturated rings. The molecule has 5 heteroatoms. The number of carbonyl (C=O) groups excluding carboxylic acids is 1. The molecule has 2 aliphatic rings. The Morgan fingerprint density at radius 3 is 2.46 bits per heavy atom. The molecule has 150 valence electrons. The first-order chi connectivity index (χ1) is 13.6. The minimum atomic E-state index is 0.0963. The normalized spacial score (nSPS) is 21.4. The largest absolute Gasteiger partial charge is 0.361 e. The Kier molecular flexibility index (Phi) is 5.81. The number of aromatic nitrogens is 1. The van der Waals surface area contributed by atoms with Crippen molar-refractivity contribution in [1.29, 1.82) is 0 Å². The number of benzene rings is 1. The molecule has 1 aromatic carbocycles. The lowest BCUT2D eigenvalue weighted by atomic mass is 9.83. The van der Waals surface area contributed by atoms with Gasteiger partial charge in [0.05, 0.1) is 5.69 Å². The predicted molar refractivity (Wildman–Crippen MR) is 109 cm³/mol. The lowest BCUT2D eigenvalue weighted by Crippen LogP contribution is -2.38. The van der Waals surface area contributed by atoms with E-state index in [1.807, 2.05) is 18.7 Å². The Bertz CT molecular complexity index is 774. The van der Waals surface area contributed by atoms with E-state index in [-0.39, 0.29) is 5.91 Å². The molecule has 2 aromatic rings. The Labute approximate surface area is 167 Å². The maximum absolute atomic E-state index is 12.9. The van der Waals surface area contributed by atoms with E-state index in [2.05, 4.69) is 40.4 Å². The minimum Gasteiger partial charge on any atom is -0.361 e. The maximum Gasteiger partial charge on any atom is 0.259 e. The van der Waals surface area contributed by atoms with E-state index in [4.69, 9.17) is 4.52 Å². The van der Waals surface area contributed by atoms with Crippen molar-refractivity contribution in [3.8, 4) is 0 Å². The lowest BCUT2D eigenvalue weighted by molar-refractivity contribution is 0.0771. The van der Waals surface area contributed by atoms with Crippen LogP contribution in [0.4, 0.5) is 0 Å². The Morgan fingerprint density at radius 1 is 1.07 bits per heavy atom. The zero-order valence-electron chi connectivity index (χ0n) is 17.1. The van der Waals surface area contributed by atoms with E-state index in [0.29, 0.717) is 22.9 Å². The first-order valence-corrected chi connectivity index (χ1v) is 10.6. The van der Waals surface area contributed by atoms with Gasteiger partial charge in [-0.05, 0) is 70.0 Å². The van der Waals surface area contributed by atoms with Crippen molar-refractivity contribution in [3.05, 3.63) is 52.9 Å². The van der Waals surface area contributed by atoms with Crippen LogP contribution in [0, 0.1) is 25.7 Å². The van der Waals surface area contributed by atoms with Crippen LogP contribution in [0.25, 0.3) is 0 Å². The number of piperidine rings is 1. The van der Waals surface area contributed by atoms with E-state index in [1.54, 1.807) is 0 Å². The standard InChI is InChI=1S/C23H31N3O2/c1-17-22(18(2)28-24-17)23(27)26-15-11-21(16-26)20-9-13-25(14-10-20)12-8-19-6-4-3-5-7-19/h3-7,20-21H,8-16H2,1-2H3/t21-/m1/s1. The fourth-order valence-corrected chi connectivity index (χ4v) is 4.88. The molecule has 0 spiro atoms. The molecule has 0 saturated carbocycles. The molecular formula is C23H31N3O2. The van der Waals surface area contributed by atoms with Crippen molar-refractivity contribution in [2.24, 2.45) is 11.8 Å². The summed E-state index contributed by atoms with van der Waals surface area (Å²) < 4.78 is 5.18. The van der Waals surface area contributed by atoms with Gasteiger partial charge in [-0.25, -0.2) is 0 Å². The van der Waals surface area contributed by atoms with Gasteiger partial charge in [-0.2, -0.15) is 0 Å². The van der Waals surface area contributed by atoms with Gasteiger partial charge in [0.2, 0.25) is 0 Å². The molecule has 0 N–H and O–H groups in total. The monoisotopic (exact) mass is 381 g/mol. The molecule has 4 rings (SSSR count). The SMILES string of the molecule is Cc1noc(C)c1C(=O)N1CC[C@@H](C2CCN(CCc3ccccc3)CC2)C1. The summed E-state index contributed by atoms with van der Waals surface area (Å²) in [6.07, 6.45) is 4.78. The van der Waals surface area contributed by atoms with Crippen LogP contribution in [0.5, 0.6) is 0 Å². The molecule has 2 saturated heterocycles. The molecule has 0 radical (unpaired) electrons. The van der Waals surface area contributed by atoms with E-state index >= 15 is 0 Å². The molecule has 1 amide bonds. The van der Waals surface area contributed by atoms with Crippen LogP contribution in [-0.4, -0.2) is 53.6 Å². The van der Waals surface area contributed by atoms with Gasteiger partial charge in [-0.1, -0.05) is 35.5 Å². The summed E-state index contributed by atoms with van der Waals surface area (Å²) in [4.78, 5) is 17.5. The number of hydrogen-bond donors (Lipinski definition) is 0. The highest BCUT2D eigenvalue weighted by Crippen LogP contribution is 2.33. The second-order valence-corrected chi connectivity index (χ2v) is 8.41. The topological polar surface area (TPSA) is 49.6 Å². The van der Waals surface area contributed by atoms with Crippen LogP contribution >= 0.6 is 0 Å². The van der Waals surface area contributed by atoms with E-state index in [0.717, 1.165) is 38.4 Å². The van der Waals surface area contributed by atoms with Crippen LogP contribution in [-0.2, 0) is 6.42 Å². The third-order valence-corrected chi connectivity index (χ3v) is 6.62. The van der Waals surface area contributed by atoms with Crippen molar-refractivity contribution >= 4 is 5.91 Å². The number of hydrogen-bond acceptors (Lipinski definition) is 4. The van der Waals surface area contributed by atoms with Crippen molar-refractivity contribution < 1.29 is 9.32 Å². The zero-order valence-corrected chi connectivity index (χ0v) is 17.1. The molecule has 0 unspecified atom stereocenters. The third kappa shape index (κ3) is 4.14. The lowest BCUT2D eigenvalue weighted by Gasteiger charge is -2.34. The van der Waals surface area contributed by atoms with Crippen molar-refractivity contribution in [2.75, 3.05) is 32.7 Å². The highest BCUT2D eigenvalue weighted by molar-refractivity contribution is 5.96. The molecule has 1 aromatic heterocycles. The first kappa shape index (κ1) is 19.2. The number of amides is 1. The summed E-state index contributed by atoms with van der Waals surface area (Å²) in [7, 11) is 0. The van der Waals surface area contributed by atoms with E-state index in [9.17, 15) is 4.79 Å². The van der Waals surface area contributed by atoms with Gasteiger partial charge >= 0.3 is 0 Å². The highest BCUT2D eigenvalue weighted by atomic mass is 16.5. The van der Waals surface area contributed by atoms with Crippen molar-refractivity contribution in [1.82, 2.24) is 15.0 Å². The number of likely N-dealkylation sites (tertiary alicyclic amines) is 2. The van der Waals surface area contributed by atoms with Gasteiger partial charge in [0.15, 0.2) is 0 Å². The van der Waals surface area contributed by atoms with Gasteiger partial charge in [-0.15, -0.1) is 0 Å². The van der Waals surface area contributed by atoms with Crippen LogP contribution in [0.1, 0.15) is 46.6 Å². The van der Waals surface area contributed by atoms with E-state index in [1.165, 1.54) is 31.5 Å². The van der Waals surface area contributed by atoms with Crippen LogP contribution in [0.2, 0.25) is 0 Å². The maximum atomic E-state index is 12.9.